The van der Waals surface area contributed by atoms with Gasteiger partial charge in [-0.05, 0) is 72.3 Å². The van der Waals surface area contributed by atoms with Crippen LogP contribution in [-0.4, -0.2) is 9.13 Å². The van der Waals surface area contributed by atoms with Crippen LogP contribution in [0.15, 0.2) is 160 Å². The van der Waals surface area contributed by atoms with Crippen LogP contribution in [0.1, 0.15) is 16.7 Å². The minimum atomic E-state index is -4.74. The van der Waals surface area contributed by atoms with Crippen molar-refractivity contribution in [2.24, 2.45) is 0 Å². The molecule has 0 aliphatic carbocycles. The van der Waals surface area contributed by atoms with Gasteiger partial charge in [-0.15, -0.1) is 0 Å². The van der Waals surface area contributed by atoms with Crippen molar-refractivity contribution in [1.82, 2.24) is 9.13 Å². The van der Waals surface area contributed by atoms with E-state index < -0.39 is 11.7 Å². The molecule has 0 spiro atoms. The highest BCUT2D eigenvalue weighted by Gasteiger charge is 2.32. The normalized spacial score (nSPS) is 12.2. The predicted molar refractivity (Wildman–Crippen MR) is 230 cm³/mol. The van der Waals surface area contributed by atoms with Gasteiger partial charge in [0.1, 0.15) is 11.2 Å². The van der Waals surface area contributed by atoms with Crippen LogP contribution in [0, 0.1) is 22.7 Å². The SMILES string of the molecule is N#Cc1cc(-c2cc(-n3c4ccccc4c4ccc5c6ccccc6oc5c43)c(-n3c4ccccc4c4ccc5c6ccccc6oc5c43)cc2C#N)cc(C(F)(F)F)c1. The van der Waals surface area contributed by atoms with Gasteiger partial charge < -0.3 is 18.0 Å². The van der Waals surface area contributed by atoms with Crippen molar-refractivity contribution in [2.75, 3.05) is 0 Å². The Bertz CT molecular complexity index is 3920. The van der Waals surface area contributed by atoms with E-state index in [1.54, 1.807) is 12.1 Å². The lowest BCUT2D eigenvalue weighted by Crippen LogP contribution is -2.07. The van der Waals surface area contributed by atoms with Gasteiger partial charge >= 0.3 is 6.18 Å². The van der Waals surface area contributed by atoms with E-state index in [1.807, 2.05) is 103 Å². The standard InChI is InChI=1S/C51H25F3N4O2/c52-51(53,54)31-22-28(26-55)21-29(23-31)40-25-44(58-42-14-6-2-10-33(42)37-18-20-39-35-12-4-8-16-46(35)60-50(39)48(37)58)43(24-30(40)27-56)57-41-13-5-1-9-32(41)36-17-19-38-34-11-3-7-15-45(34)59-49(38)47(36)57/h1-25H. The molecule has 0 bridgehead atoms. The maximum absolute atomic E-state index is 14.4. The van der Waals surface area contributed by atoms with Crippen molar-refractivity contribution in [3.8, 4) is 34.6 Å². The zero-order valence-electron chi connectivity index (χ0n) is 31.2. The number of hydrogen-bond donors (Lipinski definition) is 0. The largest absolute Gasteiger partial charge is 0.454 e. The lowest BCUT2D eigenvalue weighted by molar-refractivity contribution is -0.137. The fourth-order valence-corrected chi connectivity index (χ4v) is 9.24. The van der Waals surface area contributed by atoms with Crippen LogP contribution in [0.25, 0.3) is 110 Å². The fourth-order valence-electron chi connectivity index (χ4n) is 9.24. The average molecular weight is 783 g/mol. The van der Waals surface area contributed by atoms with Gasteiger partial charge in [0.05, 0.1) is 62.3 Å². The molecular formula is C51H25F3N4O2. The maximum atomic E-state index is 14.4. The van der Waals surface area contributed by atoms with Crippen LogP contribution in [0.5, 0.6) is 0 Å². The minimum Gasteiger partial charge on any atom is -0.454 e. The summed E-state index contributed by atoms with van der Waals surface area (Å²) >= 11 is 0. The quantitative estimate of drug-likeness (QED) is 0.179. The van der Waals surface area contributed by atoms with Crippen LogP contribution >= 0.6 is 0 Å². The third-order valence-corrected chi connectivity index (χ3v) is 11.8. The monoisotopic (exact) mass is 782 g/mol. The van der Waals surface area contributed by atoms with Gasteiger partial charge in [0.25, 0.3) is 0 Å². The number of benzene rings is 8. The van der Waals surface area contributed by atoms with Gasteiger partial charge in [-0.1, -0.05) is 84.9 Å². The minimum absolute atomic E-state index is 0.0854. The average Bonchev–Trinajstić information content (AvgIpc) is 4.03. The molecule has 0 atom stereocenters. The highest BCUT2D eigenvalue weighted by atomic mass is 19.4. The summed E-state index contributed by atoms with van der Waals surface area (Å²) < 4.78 is 60.9. The van der Waals surface area contributed by atoms with Crippen LogP contribution in [0.3, 0.4) is 0 Å². The molecule has 8 aromatic carbocycles. The summed E-state index contributed by atoms with van der Waals surface area (Å²) in [5.74, 6) is 0. The van der Waals surface area contributed by atoms with Crippen molar-refractivity contribution in [1.29, 1.82) is 10.5 Å². The number of hydrogen-bond acceptors (Lipinski definition) is 4. The Balaban J connectivity index is 1.31. The molecule has 0 aliphatic rings. The third kappa shape index (κ3) is 4.63. The number of nitriles is 2. The highest BCUT2D eigenvalue weighted by molar-refractivity contribution is 6.23. The molecule has 0 saturated carbocycles. The summed E-state index contributed by atoms with van der Waals surface area (Å²) in [6.07, 6.45) is -4.74. The first-order valence-electron chi connectivity index (χ1n) is 19.2. The molecule has 0 fully saturated rings. The summed E-state index contributed by atoms with van der Waals surface area (Å²) in [5, 5.41) is 28.3. The lowest BCUT2D eigenvalue weighted by Gasteiger charge is -2.20. The molecule has 4 aromatic heterocycles. The van der Waals surface area contributed by atoms with E-state index in [0.717, 1.165) is 82.9 Å². The maximum Gasteiger partial charge on any atom is 0.416 e. The number of aromatic nitrogens is 2. The summed E-state index contributed by atoms with van der Waals surface area (Å²) in [6.45, 7) is 0. The van der Waals surface area contributed by atoms with Crippen molar-refractivity contribution in [3.05, 3.63) is 168 Å². The Hall–Kier alpha value is -8.27. The second-order valence-electron chi connectivity index (χ2n) is 15.0. The van der Waals surface area contributed by atoms with Gasteiger partial charge in [0.15, 0.2) is 11.2 Å². The zero-order chi connectivity index (χ0) is 40.4. The Morgan fingerprint density at radius 3 is 1.47 bits per heavy atom. The smallest absolute Gasteiger partial charge is 0.416 e. The molecule has 12 rings (SSSR count). The molecule has 0 N–H and O–H groups in total. The van der Waals surface area contributed by atoms with Crippen molar-refractivity contribution >= 4 is 87.5 Å². The summed E-state index contributed by atoms with van der Waals surface area (Å²) in [7, 11) is 0. The molecule has 0 radical (unpaired) electrons. The number of halogens is 3. The summed E-state index contributed by atoms with van der Waals surface area (Å²) in [5.41, 5.74) is 6.30. The van der Waals surface area contributed by atoms with Crippen LogP contribution in [-0.2, 0) is 6.18 Å². The van der Waals surface area contributed by atoms with E-state index in [2.05, 4.69) is 39.5 Å². The summed E-state index contributed by atoms with van der Waals surface area (Å²) in [4.78, 5) is 0. The van der Waals surface area contributed by atoms with Crippen molar-refractivity contribution < 1.29 is 22.0 Å². The number of alkyl halides is 3. The second kappa shape index (κ2) is 12.1. The molecular weight excluding hydrogens is 758 g/mol. The molecule has 6 nitrogen and oxygen atoms in total. The number of furan rings is 2. The van der Waals surface area contributed by atoms with Crippen LogP contribution in [0.4, 0.5) is 13.2 Å². The van der Waals surface area contributed by atoms with E-state index in [1.165, 1.54) is 6.07 Å². The van der Waals surface area contributed by atoms with Gasteiger partial charge in [0, 0.05) is 48.7 Å². The highest BCUT2D eigenvalue weighted by Crippen LogP contribution is 2.46. The first-order chi connectivity index (χ1) is 29.3. The molecule has 12 aromatic rings. The van der Waals surface area contributed by atoms with E-state index in [9.17, 15) is 23.7 Å². The molecule has 0 amide bonds. The first-order valence-corrected chi connectivity index (χ1v) is 19.2. The molecule has 0 saturated heterocycles. The Kier molecular flexibility index (Phi) is 6.84. The Morgan fingerprint density at radius 1 is 0.467 bits per heavy atom. The van der Waals surface area contributed by atoms with Gasteiger partial charge in [-0.25, -0.2) is 0 Å². The number of nitrogens with zero attached hydrogens (tertiary/aromatic N) is 4. The zero-order valence-corrected chi connectivity index (χ0v) is 31.2. The summed E-state index contributed by atoms with van der Waals surface area (Å²) in [6, 6.07) is 50.9. The second-order valence-corrected chi connectivity index (χ2v) is 15.0. The Labute approximate surface area is 337 Å². The van der Waals surface area contributed by atoms with Crippen LogP contribution < -0.4 is 0 Å². The van der Waals surface area contributed by atoms with Gasteiger partial charge in [0.2, 0.25) is 0 Å². The van der Waals surface area contributed by atoms with E-state index in [0.29, 0.717) is 28.1 Å². The molecule has 9 heteroatoms. The molecule has 282 valence electrons. The fraction of sp³-hybridized carbons (Fsp3) is 0.0196. The van der Waals surface area contributed by atoms with Gasteiger partial charge in [-0.3, -0.25) is 0 Å². The molecule has 4 heterocycles. The van der Waals surface area contributed by atoms with E-state index in [-0.39, 0.29) is 22.3 Å². The lowest BCUT2D eigenvalue weighted by atomic mass is 9.94. The number of fused-ring (bicyclic) bond motifs is 14. The van der Waals surface area contributed by atoms with E-state index in [4.69, 9.17) is 8.83 Å². The number of para-hydroxylation sites is 4. The third-order valence-electron chi connectivity index (χ3n) is 11.8. The molecule has 60 heavy (non-hydrogen) atoms. The van der Waals surface area contributed by atoms with Crippen molar-refractivity contribution in [2.45, 2.75) is 6.18 Å². The Morgan fingerprint density at radius 2 is 0.950 bits per heavy atom. The topological polar surface area (TPSA) is 83.7 Å². The van der Waals surface area contributed by atoms with Crippen molar-refractivity contribution in [3.63, 3.8) is 0 Å². The van der Waals surface area contributed by atoms with Crippen LogP contribution in [0.2, 0.25) is 0 Å². The number of rotatable bonds is 3. The van der Waals surface area contributed by atoms with Gasteiger partial charge in [-0.2, -0.15) is 23.7 Å². The predicted octanol–water partition coefficient (Wildman–Crippen LogP) is 14.1. The van der Waals surface area contributed by atoms with E-state index >= 15 is 0 Å². The molecule has 0 unspecified atom stereocenters. The molecule has 0 aliphatic heterocycles. The first kappa shape index (κ1) is 33.8.